The number of carbonyl (C=O) groups is 1. The van der Waals surface area contributed by atoms with Gasteiger partial charge in [0.15, 0.2) is 0 Å². The number of fused-ring (bicyclic) bond motifs is 1. The summed E-state index contributed by atoms with van der Waals surface area (Å²) in [6.45, 7) is 2.96. The van der Waals surface area contributed by atoms with Gasteiger partial charge in [0, 0.05) is 19.9 Å². The van der Waals surface area contributed by atoms with Crippen LogP contribution in [0.2, 0.25) is 0 Å². The topological polar surface area (TPSA) is 78.2 Å². The summed E-state index contributed by atoms with van der Waals surface area (Å²) >= 11 is 0. The summed E-state index contributed by atoms with van der Waals surface area (Å²) in [7, 11) is 1.83. The number of ether oxygens (including phenoxy) is 1. The molecule has 0 spiro atoms. The second kappa shape index (κ2) is 7.00. The highest BCUT2D eigenvalue weighted by atomic mass is 16.5. The van der Waals surface area contributed by atoms with Crippen LogP contribution in [-0.4, -0.2) is 32.7 Å². The summed E-state index contributed by atoms with van der Waals surface area (Å²) in [6.07, 6.45) is 3.69. The number of carbonyl (C=O) groups excluding carboxylic acids is 1. The lowest BCUT2D eigenvalue weighted by atomic mass is 10.1. The van der Waals surface area contributed by atoms with Crippen molar-refractivity contribution >= 4 is 22.9 Å². The van der Waals surface area contributed by atoms with Gasteiger partial charge in [-0.15, -0.1) is 0 Å². The van der Waals surface area contributed by atoms with Crippen molar-refractivity contribution in [3.63, 3.8) is 0 Å². The fraction of sp³-hybridized carbons (Fsp3) is 0.350. The summed E-state index contributed by atoms with van der Waals surface area (Å²) in [5.41, 5.74) is 2.17. The molecule has 3 aromatic rings. The SMILES string of the molecule is Cc1ccn(CC2CCCO2)c(=O)c1C(=O)Nc1nc2ccccc2n1C. The lowest BCUT2D eigenvalue weighted by Crippen LogP contribution is -2.33. The van der Waals surface area contributed by atoms with Crippen LogP contribution in [0.5, 0.6) is 0 Å². The third kappa shape index (κ3) is 3.26. The van der Waals surface area contributed by atoms with E-state index >= 15 is 0 Å². The Labute approximate surface area is 156 Å². The molecule has 1 N–H and O–H groups in total. The van der Waals surface area contributed by atoms with Gasteiger partial charge >= 0.3 is 0 Å². The molecule has 1 saturated heterocycles. The van der Waals surface area contributed by atoms with Crippen LogP contribution in [0.3, 0.4) is 0 Å². The van der Waals surface area contributed by atoms with Gasteiger partial charge in [-0.2, -0.15) is 0 Å². The second-order valence-corrected chi connectivity index (χ2v) is 6.90. The monoisotopic (exact) mass is 366 g/mol. The number of hydrogen-bond acceptors (Lipinski definition) is 4. The first-order valence-corrected chi connectivity index (χ1v) is 9.09. The van der Waals surface area contributed by atoms with Crippen molar-refractivity contribution in [3.8, 4) is 0 Å². The van der Waals surface area contributed by atoms with Gasteiger partial charge in [-0.05, 0) is 43.5 Å². The van der Waals surface area contributed by atoms with Crippen LogP contribution in [0, 0.1) is 6.92 Å². The number of pyridine rings is 1. The molecule has 0 bridgehead atoms. The summed E-state index contributed by atoms with van der Waals surface area (Å²) < 4.78 is 8.98. The molecule has 4 rings (SSSR count). The number of imidazole rings is 1. The molecule has 1 aromatic carbocycles. The molecule has 7 heteroatoms. The lowest BCUT2D eigenvalue weighted by Gasteiger charge is -2.14. The molecule has 0 aliphatic carbocycles. The first-order valence-electron chi connectivity index (χ1n) is 9.09. The summed E-state index contributed by atoms with van der Waals surface area (Å²) in [5.74, 6) is -0.0351. The summed E-state index contributed by atoms with van der Waals surface area (Å²) in [6, 6.07) is 9.42. The van der Waals surface area contributed by atoms with Crippen molar-refractivity contribution in [2.24, 2.45) is 7.05 Å². The van der Waals surface area contributed by atoms with Crippen LogP contribution in [0.4, 0.5) is 5.95 Å². The average Bonchev–Trinajstić information content (AvgIpc) is 3.27. The van der Waals surface area contributed by atoms with Gasteiger partial charge in [-0.3, -0.25) is 14.9 Å². The molecular formula is C20H22N4O3. The second-order valence-electron chi connectivity index (χ2n) is 6.90. The van der Waals surface area contributed by atoms with Gasteiger partial charge in [-0.25, -0.2) is 4.98 Å². The van der Waals surface area contributed by atoms with Gasteiger partial charge in [0.25, 0.3) is 11.5 Å². The number of amides is 1. The van der Waals surface area contributed by atoms with Crippen LogP contribution < -0.4 is 10.9 Å². The quantitative estimate of drug-likeness (QED) is 0.769. The van der Waals surface area contributed by atoms with Gasteiger partial charge in [0.1, 0.15) is 5.56 Å². The predicted molar refractivity (Wildman–Crippen MR) is 103 cm³/mol. The zero-order valence-electron chi connectivity index (χ0n) is 15.4. The van der Waals surface area contributed by atoms with Crippen LogP contribution in [0.1, 0.15) is 28.8 Å². The Balaban J connectivity index is 1.64. The van der Waals surface area contributed by atoms with Crippen molar-refractivity contribution in [1.82, 2.24) is 14.1 Å². The molecule has 1 aliphatic heterocycles. The van der Waals surface area contributed by atoms with E-state index in [-0.39, 0.29) is 17.2 Å². The first kappa shape index (κ1) is 17.5. The fourth-order valence-electron chi connectivity index (χ4n) is 3.51. The standard InChI is InChI=1S/C20H22N4O3/c1-13-9-10-24(12-14-6-5-11-27-14)19(26)17(13)18(25)22-20-21-15-7-3-4-8-16(15)23(20)2/h3-4,7-10,14H,5-6,11-12H2,1-2H3,(H,21,22,25). The van der Waals surface area contributed by atoms with E-state index in [0.717, 1.165) is 30.5 Å². The van der Waals surface area contributed by atoms with Gasteiger partial charge in [0.2, 0.25) is 5.95 Å². The van der Waals surface area contributed by atoms with E-state index in [0.29, 0.717) is 18.1 Å². The predicted octanol–water partition coefficient (Wildman–Crippen LogP) is 2.47. The van der Waals surface area contributed by atoms with E-state index in [9.17, 15) is 9.59 Å². The van der Waals surface area contributed by atoms with Crippen molar-refractivity contribution in [2.75, 3.05) is 11.9 Å². The summed E-state index contributed by atoms with van der Waals surface area (Å²) in [5, 5.41) is 2.79. The highest BCUT2D eigenvalue weighted by Gasteiger charge is 2.21. The molecule has 1 atom stereocenters. The van der Waals surface area contributed by atoms with Crippen LogP contribution in [-0.2, 0) is 18.3 Å². The minimum atomic E-state index is -0.447. The van der Waals surface area contributed by atoms with Crippen molar-refractivity contribution in [1.29, 1.82) is 0 Å². The zero-order chi connectivity index (χ0) is 19.0. The maximum atomic E-state index is 12.9. The third-order valence-corrected chi connectivity index (χ3v) is 5.04. The van der Waals surface area contributed by atoms with E-state index in [2.05, 4.69) is 10.3 Å². The van der Waals surface area contributed by atoms with Gasteiger partial charge in [0.05, 0.1) is 23.7 Å². The molecule has 3 heterocycles. The molecule has 1 unspecified atom stereocenters. The summed E-state index contributed by atoms with van der Waals surface area (Å²) in [4.78, 5) is 30.2. The number of aromatic nitrogens is 3. The number of aryl methyl sites for hydroxylation is 2. The smallest absolute Gasteiger partial charge is 0.263 e. The number of hydrogen-bond donors (Lipinski definition) is 1. The Hall–Kier alpha value is -2.93. The number of benzene rings is 1. The molecule has 1 amide bonds. The Kier molecular flexibility index (Phi) is 4.53. The number of nitrogens with zero attached hydrogens (tertiary/aromatic N) is 3. The zero-order valence-corrected chi connectivity index (χ0v) is 15.4. The average molecular weight is 366 g/mol. The molecule has 2 aromatic heterocycles. The highest BCUT2D eigenvalue weighted by molar-refractivity contribution is 6.04. The van der Waals surface area contributed by atoms with Crippen LogP contribution in [0.25, 0.3) is 11.0 Å². The molecule has 1 fully saturated rings. The number of para-hydroxylation sites is 2. The number of anilines is 1. The van der Waals surface area contributed by atoms with Gasteiger partial charge < -0.3 is 13.9 Å². The minimum absolute atomic E-state index is 0.0288. The molecule has 7 nitrogen and oxygen atoms in total. The van der Waals surface area contributed by atoms with E-state index in [4.69, 9.17) is 4.74 Å². The van der Waals surface area contributed by atoms with Gasteiger partial charge in [-0.1, -0.05) is 12.1 Å². The first-order chi connectivity index (χ1) is 13.0. The van der Waals surface area contributed by atoms with E-state index < -0.39 is 5.91 Å². The maximum Gasteiger partial charge on any atom is 0.263 e. The van der Waals surface area contributed by atoms with E-state index in [1.807, 2.05) is 31.3 Å². The van der Waals surface area contributed by atoms with Crippen LogP contribution >= 0.6 is 0 Å². The number of rotatable bonds is 4. The molecule has 140 valence electrons. The molecular weight excluding hydrogens is 344 g/mol. The fourth-order valence-corrected chi connectivity index (χ4v) is 3.51. The Morgan fingerprint density at radius 2 is 2.15 bits per heavy atom. The molecule has 1 aliphatic rings. The molecule has 0 saturated carbocycles. The van der Waals surface area contributed by atoms with Crippen molar-refractivity contribution in [2.45, 2.75) is 32.4 Å². The Morgan fingerprint density at radius 1 is 1.33 bits per heavy atom. The van der Waals surface area contributed by atoms with E-state index in [1.54, 1.807) is 28.3 Å². The highest BCUT2D eigenvalue weighted by Crippen LogP contribution is 2.18. The Bertz CT molecular complexity index is 1060. The molecule has 0 radical (unpaired) electrons. The normalized spacial score (nSPS) is 16.7. The number of nitrogens with one attached hydrogen (secondary N) is 1. The third-order valence-electron chi connectivity index (χ3n) is 5.04. The van der Waals surface area contributed by atoms with E-state index in [1.165, 1.54) is 0 Å². The largest absolute Gasteiger partial charge is 0.376 e. The minimum Gasteiger partial charge on any atom is -0.376 e. The molecule has 27 heavy (non-hydrogen) atoms. The maximum absolute atomic E-state index is 12.9. The lowest BCUT2D eigenvalue weighted by molar-refractivity contribution is 0.0952. The van der Waals surface area contributed by atoms with Crippen molar-refractivity contribution in [3.05, 3.63) is 58.0 Å². The Morgan fingerprint density at radius 3 is 2.89 bits per heavy atom. The van der Waals surface area contributed by atoms with Crippen LogP contribution in [0.15, 0.2) is 41.3 Å². The van der Waals surface area contributed by atoms with Crippen molar-refractivity contribution < 1.29 is 9.53 Å².